The largest absolute Gasteiger partial charge is 0.486 e. The summed E-state index contributed by atoms with van der Waals surface area (Å²) in [5, 5.41) is 0. The molecule has 2 aromatic rings. The van der Waals surface area contributed by atoms with Crippen LogP contribution < -0.4 is 24.3 Å². The van der Waals surface area contributed by atoms with E-state index in [-0.39, 0.29) is 12.0 Å². The summed E-state index contributed by atoms with van der Waals surface area (Å²) in [6.07, 6.45) is 1.82. The molecule has 2 aliphatic rings. The second-order valence-corrected chi connectivity index (χ2v) is 7.59. The Morgan fingerprint density at radius 3 is 2.66 bits per heavy atom. The number of ether oxygens (including phenoxy) is 2. The highest BCUT2D eigenvalue weighted by Crippen LogP contribution is 2.30. The molecule has 2 aliphatic heterocycles. The van der Waals surface area contributed by atoms with Gasteiger partial charge < -0.3 is 19.3 Å². The molecule has 2 N–H and O–H groups in total. The van der Waals surface area contributed by atoms with E-state index in [1.165, 1.54) is 4.90 Å². The molecule has 1 fully saturated rings. The number of fused-ring (bicyclic) bond motifs is 1. The van der Waals surface area contributed by atoms with Crippen LogP contribution in [0.1, 0.15) is 6.92 Å². The molecule has 1 amide bonds. The first-order chi connectivity index (χ1) is 14.2. The van der Waals surface area contributed by atoms with E-state index in [2.05, 4.69) is 16.0 Å². The van der Waals surface area contributed by atoms with Crippen molar-refractivity contribution in [3.05, 3.63) is 48.7 Å². The molecule has 154 valence electrons. The number of H-pyrrole nitrogens is 1. The van der Waals surface area contributed by atoms with E-state index >= 15 is 0 Å². The van der Waals surface area contributed by atoms with Gasteiger partial charge in [-0.3, -0.25) is 9.69 Å². The lowest BCUT2D eigenvalue weighted by Gasteiger charge is -2.32. The van der Waals surface area contributed by atoms with Gasteiger partial charge in [0, 0.05) is 12.6 Å². The Balaban J connectivity index is 1.26. The van der Waals surface area contributed by atoms with Crippen molar-refractivity contribution < 1.29 is 24.2 Å². The zero-order valence-corrected chi connectivity index (χ0v) is 17.0. The van der Waals surface area contributed by atoms with Crippen molar-refractivity contribution >= 4 is 11.7 Å². The quantitative estimate of drug-likeness (QED) is 0.738. The van der Waals surface area contributed by atoms with Crippen LogP contribution in [0.25, 0.3) is 0 Å². The zero-order valence-electron chi connectivity index (χ0n) is 17.0. The number of quaternary nitrogens is 1. The highest BCUT2D eigenvalue weighted by molar-refractivity contribution is 5.77. The number of nitrogens with one attached hydrogen (secondary N) is 2. The number of anilines is 1. The van der Waals surface area contributed by atoms with Crippen LogP contribution in [0.2, 0.25) is 0 Å². The van der Waals surface area contributed by atoms with Gasteiger partial charge in [0.1, 0.15) is 32.8 Å². The van der Waals surface area contributed by atoms with E-state index in [9.17, 15) is 4.79 Å². The van der Waals surface area contributed by atoms with Gasteiger partial charge in [-0.1, -0.05) is 18.2 Å². The third kappa shape index (κ3) is 4.79. The molecule has 0 bridgehead atoms. The van der Waals surface area contributed by atoms with Gasteiger partial charge in [0.05, 0.1) is 12.7 Å². The fraction of sp³-hybridized carbons (Fsp3) is 0.455. The molecular formula is C22H30N4O3+2. The number of nitrogens with zero attached hydrogens (tertiary/aromatic N) is 2. The zero-order chi connectivity index (χ0) is 20.1. The van der Waals surface area contributed by atoms with Crippen molar-refractivity contribution in [2.24, 2.45) is 0 Å². The molecular weight excluding hydrogens is 368 g/mol. The number of aromatic amines is 1. The lowest BCUT2D eigenvalue weighted by Crippen LogP contribution is -3.16. The van der Waals surface area contributed by atoms with E-state index in [1.807, 2.05) is 54.4 Å². The smallest absolute Gasteiger partial charge is 0.277 e. The van der Waals surface area contributed by atoms with Crippen molar-refractivity contribution in [2.45, 2.75) is 13.0 Å². The van der Waals surface area contributed by atoms with Crippen molar-refractivity contribution in [3.63, 3.8) is 0 Å². The number of pyridine rings is 1. The Morgan fingerprint density at radius 2 is 1.93 bits per heavy atom. The lowest BCUT2D eigenvalue weighted by molar-refractivity contribution is -0.892. The number of rotatable bonds is 6. The van der Waals surface area contributed by atoms with E-state index in [1.54, 1.807) is 0 Å². The highest BCUT2D eigenvalue weighted by atomic mass is 16.6. The number of hydrogen-bond donors (Lipinski definition) is 1. The fourth-order valence-electron chi connectivity index (χ4n) is 3.95. The Hall–Kier alpha value is -2.80. The molecule has 0 spiro atoms. The molecule has 1 aromatic carbocycles. The van der Waals surface area contributed by atoms with Gasteiger partial charge >= 0.3 is 0 Å². The minimum atomic E-state index is -0.130. The van der Waals surface area contributed by atoms with E-state index in [0.29, 0.717) is 26.2 Å². The number of aromatic nitrogens is 1. The van der Waals surface area contributed by atoms with Gasteiger partial charge in [0.2, 0.25) is 0 Å². The summed E-state index contributed by atoms with van der Waals surface area (Å²) < 4.78 is 11.8. The number of hydrogen-bond acceptors (Lipinski definition) is 4. The van der Waals surface area contributed by atoms with Crippen molar-refractivity contribution in [1.82, 2.24) is 4.90 Å². The third-order valence-corrected chi connectivity index (χ3v) is 5.63. The summed E-state index contributed by atoms with van der Waals surface area (Å²) in [7, 11) is 0. The minimum absolute atomic E-state index is 0.130. The SMILES string of the molecule is CCN(C[C@H]1COc2ccccc2O1)C(=O)C[NH+]1CCN(c2cccc[nH+]2)CC1. The van der Waals surface area contributed by atoms with Gasteiger partial charge in [0.25, 0.3) is 11.7 Å². The Kier molecular flexibility index (Phi) is 6.14. The number of likely N-dealkylation sites (N-methyl/N-ethyl adjacent to an activating group) is 1. The molecule has 1 atom stereocenters. The molecule has 7 heteroatoms. The number of carbonyl (C=O) groups excluding carboxylic acids is 1. The number of piperazine rings is 1. The average Bonchev–Trinajstić information content (AvgIpc) is 2.78. The molecule has 29 heavy (non-hydrogen) atoms. The molecule has 1 aromatic heterocycles. The van der Waals surface area contributed by atoms with Crippen LogP contribution in [-0.2, 0) is 4.79 Å². The van der Waals surface area contributed by atoms with Crippen LogP contribution in [0.4, 0.5) is 5.82 Å². The second kappa shape index (κ2) is 9.13. The summed E-state index contributed by atoms with van der Waals surface area (Å²) in [5.41, 5.74) is 0. The monoisotopic (exact) mass is 398 g/mol. The molecule has 1 saturated heterocycles. The minimum Gasteiger partial charge on any atom is -0.486 e. The maximum absolute atomic E-state index is 12.9. The maximum Gasteiger partial charge on any atom is 0.277 e. The summed E-state index contributed by atoms with van der Waals surface area (Å²) in [6.45, 7) is 8.08. The topological polar surface area (TPSA) is 60.6 Å². The van der Waals surface area contributed by atoms with Crippen LogP contribution >= 0.6 is 0 Å². The maximum atomic E-state index is 12.9. The molecule has 0 saturated carbocycles. The normalized spacial score (nSPS) is 19.1. The van der Waals surface area contributed by atoms with Crippen molar-refractivity contribution in [2.75, 3.05) is 57.3 Å². The molecule has 0 unspecified atom stereocenters. The van der Waals surface area contributed by atoms with Crippen LogP contribution in [-0.4, -0.2) is 69.3 Å². The van der Waals surface area contributed by atoms with Gasteiger partial charge in [-0.25, -0.2) is 4.98 Å². The van der Waals surface area contributed by atoms with Gasteiger partial charge in [-0.05, 0) is 25.1 Å². The van der Waals surface area contributed by atoms with E-state index in [0.717, 1.165) is 43.5 Å². The number of para-hydroxylation sites is 2. The molecule has 7 nitrogen and oxygen atoms in total. The first-order valence-electron chi connectivity index (χ1n) is 10.4. The highest BCUT2D eigenvalue weighted by Gasteiger charge is 2.30. The molecule has 0 radical (unpaired) electrons. The van der Waals surface area contributed by atoms with E-state index < -0.39 is 0 Å². The standard InChI is InChI=1S/C22H28N4O3/c1-2-25(15-18-17-28-19-7-3-4-8-20(19)29-18)22(27)16-24-11-13-26(14-12-24)21-9-5-6-10-23-21/h3-10,18H,2,11-17H2,1H3/p+2/t18-/m0/s1. The summed E-state index contributed by atoms with van der Waals surface area (Å²) >= 11 is 0. The lowest BCUT2D eigenvalue weighted by atomic mass is 10.2. The Bertz CT molecular complexity index is 809. The van der Waals surface area contributed by atoms with Gasteiger partial charge in [0.15, 0.2) is 24.1 Å². The second-order valence-electron chi connectivity index (χ2n) is 7.59. The predicted molar refractivity (Wildman–Crippen MR) is 109 cm³/mol. The third-order valence-electron chi connectivity index (χ3n) is 5.63. The van der Waals surface area contributed by atoms with Gasteiger partial charge in [-0.2, -0.15) is 0 Å². The number of carbonyl (C=O) groups is 1. The van der Waals surface area contributed by atoms with Gasteiger partial charge in [-0.15, -0.1) is 0 Å². The first-order valence-corrected chi connectivity index (χ1v) is 10.4. The van der Waals surface area contributed by atoms with Crippen LogP contribution in [0.15, 0.2) is 48.7 Å². The van der Waals surface area contributed by atoms with E-state index in [4.69, 9.17) is 9.47 Å². The molecule has 0 aliphatic carbocycles. The van der Waals surface area contributed by atoms with Crippen LogP contribution in [0, 0.1) is 0 Å². The Morgan fingerprint density at radius 1 is 1.17 bits per heavy atom. The summed E-state index contributed by atoms with van der Waals surface area (Å²) in [4.78, 5) is 21.8. The van der Waals surface area contributed by atoms with Crippen LogP contribution in [0.3, 0.4) is 0 Å². The number of benzene rings is 1. The molecule has 3 heterocycles. The summed E-state index contributed by atoms with van der Waals surface area (Å²) in [5.74, 6) is 2.86. The average molecular weight is 399 g/mol. The first kappa shape index (κ1) is 19.5. The number of amides is 1. The predicted octanol–water partition coefficient (Wildman–Crippen LogP) is -0.106. The fourth-order valence-corrected chi connectivity index (χ4v) is 3.95. The van der Waals surface area contributed by atoms with Crippen molar-refractivity contribution in [3.8, 4) is 11.5 Å². The van der Waals surface area contributed by atoms with Crippen LogP contribution in [0.5, 0.6) is 11.5 Å². The van der Waals surface area contributed by atoms with Crippen molar-refractivity contribution in [1.29, 1.82) is 0 Å². The molecule has 4 rings (SSSR count). The Labute approximate surface area is 171 Å². The summed E-state index contributed by atoms with van der Waals surface area (Å²) in [6, 6.07) is 13.8.